The molecular weight excluding hydrogens is 362 g/mol. The first-order chi connectivity index (χ1) is 14.2. The number of anilines is 2. The number of nitrogens with zero attached hydrogens (tertiary/aromatic N) is 7. The molecule has 0 N–H and O–H groups in total. The molecular formula is C22H29N7. The van der Waals surface area contributed by atoms with Crippen molar-refractivity contribution in [3.8, 4) is 0 Å². The second-order valence-corrected chi connectivity index (χ2v) is 8.36. The highest BCUT2D eigenvalue weighted by Gasteiger charge is 2.20. The molecule has 7 nitrogen and oxygen atoms in total. The zero-order valence-electron chi connectivity index (χ0n) is 17.4. The molecule has 2 aromatic heterocycles. The Morgan fingerprint density at radius 1 is 1.00 bits per heavy atom. The summed E-state index contributed by atoms with van der Waals surface area (Å²) < 4.78 is 2.36. The van der Waals surface area contributed by atoms with Crippen LogP contribution >= 0.6 is 0 Å². The van der Waals surface area contributed by atoms with Gasteiger partial charge in [-0.05, 0) is 31.0 Å². The summed E-state index contributed by atoms with van der Waals surface area (Å²) in [5, 5.41) is 1.11. The average molecular weight is 392 g/mol. The quantitative estimate of drug-likeness (QED) is 0.681. The second kappa shape index (κ2) is 7.63. The summed E-state index contributed by atoms with van der Waals surface area (Å²) in [6.07, 6.45) is 7.61. The van der Waals surface area contributed by atoms with Gasteiger partial charge in [-0.15, -0.1) is 0 Å². The molecule has 0 radical (unpaired) electrons. The molecule has 0 atom stereocenters. The van der Waals surface area contributed by atoms with E-state index in [0.717, 1.165) is 62.4 Å². The van der Waals surface area contributed by atoms with Gasteiger partial charge in [-0.3, -0.25) is 4.90 Å². The lowest BCUT2D eigenvalue weighted by atomic mass is 10.1. The maximum Gasteiger partial charge on any atom is 0.139 e. The zero-order chi connectivity index (χ0) is 19.8. The first kappa shape index (κ1) is 18.4. The van der Waals surface area contributed by atoms with Gasteiger partial charge in [0.1, 0.15) is 18.0 Å². The van der Waals surface area contributed by atoms with Crippen LogP contribution in [0.15, 0.2) is 30.7 Å². The Kier molecular flexibility index (Phi) is 4.83. The molecule has 29 heavy (non-hydrogen) atoms. The van der Waals surface area contributed by atoms with E-state index in [1.165, 1.54) is 30.0 Å². The van der Waals surface area contributed by atoms with Gasteiger partial charge < -0.3 is 14.4 Å². The Balaban J connectivity index is 1.27. The fraction of sp³-hybridized carbons (Fsp3) is 0.500. The fourth-order valence-corrected chi connectivity index (χ4v) is 4.53. The van der Waals surface area contributed by atoms with Gasteiger partial charge in [0.15, 0.2) is 0 Å². The highest BCUT2D eigenvalue weighted by Crippen LogP contribution is 2.27. The van der Waals surface area contributed by atoms with Crippen molar-refractivity contribution < 1.29 is 0 Å². The third-order valence-electron chi connectivity index (χ3n) is 6.10. The Hall–Kier alpha value is -2.67. The number of fused-ring (bicyclic) bond motifs is 2. The van der Waals surface area contributed by atoms with E-state index < -0.39 is 0 Å². The Morgan fingerprint density at radius 3 is 2.66 bits per heavy atom. The number of aromatic nitrogens is 4. The number of piperazine rings is 1. The second-order valence-electron chi connectivity index (χ2n) is 8.36. The van der Waals surface area contributed by atoms with Crippen molar-refractivity contribution in [3.63, 3.8) is 0 Å². The van der Waals surface area contributed by atoms with Gasteiger partial charge in [0, 0.05) is 77.1 Å². The molecule has 1 saturated heterocycles. The van der Waals surface area contributed by atoms with E-state index in [9.17, 15) is 0 Å². The number of rotatable bonds is 4. The van der Waals surface area contributed by atoms with Gasteiger partial charge in [-0.25, -0.2) is 15.0 Å². The van der Waals surface area contributed by atoms with Crippen LogP contribution in [0.5, 0.6) is 0 Å². The van der Waals surface area contributed by atoms with Crippen molar-refractivity contribution in [2.75, 3.05) is 50.1 Å². The molecule has 7 heteroatoms. The van der Waals surface area contributed by atoms with Crippen LogP contribution in [0.25, 0.3) is 10.9 Å². The summed E-state index contributed by atoms with van der Waals surface area (Å²) in [4.78, 5) is 20.8. The van der Waals surface area contributed by atoms with Crippen molar-refractivity contribution in [2.45, 2.75) is 32.4 Å². The van der Waals surface area contributed by atoms with Crippen molar-refractivity contribution in [1.82, 2.24) is 24.4 Å². The molecule has 3 aromatic rings. The molecule has 152 valence electrons. The summed E-state index contributed by atoms with van der Waals surface area (Å²) in [5.41, 5.74) is 3.48. The summed E-state index contributed by atoms with van der Waals surface area (Å²) in [7, 11) is 4.06. The summed E-state index contributed by atoms with van der Waals surface area (Å²) in [5.74, 6) is 2.25. The lowest BCUT2D eigenvalue weighted by Crippen LogP contribution is -2.46. The molecule has 0 spiro atoms. The zero-order valence-corrected chi connectivity index (χ0v) is 17.4. The van der Waals surface area contributed by atoms with Crippen LogP contribution in [0, 0.1) is 0 Å². The van der Waals surface area contributed by atoms with E-state index in [0.29, 0.717) is 0 Å². The van der Waals surface area contributed by atoms with E-state index in [4.69, 9.17) is 4.98 Å². The number of hydrogen-bond acceptors (Lipinski definition) is 6. The summed E-state index contributed by atoms with van der Waals surface area (Å²) in [6.45, 7) is 6.28. The van der Waals surface area contributed by atoms with Crippen LogP contribution in [0.4, 0.5) is 11.5 Å². The normalized spacial score (nSPS) is 17.5. The molecule has 0 saturated carbocycles. The molecule has 0 amide bonds. The van der Waals surface area contributed by atoms with Crippen LogP contribution in [-0.2, 0) is 19.5 Å². The van der Waals surface area contributed by atoms with Crippen LogP contribution in [0.3, 0.4) is 0 Å². The molecule has 2 aliphatic heterocycles. The molecule has 1 aromatic carbocycles. The number of benzene rings is 1. The molecule has 0 bridgehead atoms. The minimum absolute atomic E-state index is 0.962. The lowest BCUT2D eigenvalue weighted by molar-refractivity contribution is 0.247. The maximum atomic E-state index is 4.87. The predicted octanol–water partition coefficient (Wildman–Crippen LogP) is 2.55. The van der Waals surface area contributed by atoms with Gasteiger partial charge in [-0.2, -0.15) is 0 Å². The van der Waals surface area contributed by atoms with E-state index in [2.05, 4.69) is 53.6 Å². The standard InChI is InChI=1S/C22H29N7/c1-26(2)22-19-13-18(6-7-20(19)23-16-24-22)28-11-9-27(10-12-28)14-17-15-29-8-4-3-5-21(29)25-17/h6-7,13,15-16H,3-5,8-12,14H2,1-2H3. The number of aryl methyl sites for hydroxylation is 2. The van der Waals surface area contributed by atoms with Crippen molar-refractivity contribution in [2.24, 2.45) is 0 Å². The highest BCUT2D eigenvalue weighted by molar-refractivity contribution is 5.91. The Labute approximate surface area is 172 Å². The molecule has 0 aliphatic carbocycles. The van der Waals surface area contributed by atoms with E-state index in [-0.39, 0.29) is 0 Å². The molecule has 1 fully saturated rings. The topological polar surface area (TPSA) is 53.3 Å². The third-order valence-corrected chi connectivity index (χ3v) is 6.10. The van der Waals surface area contributed by atoms with E-state index >= 15 is 0 Å². The molecule has 0 unspecified atom stereocenters. The number of imidazole rings is 1. The first-order valence-corrected chi connectivity index (χ1v) is 10.6. The molecule has 5 rings (SSSR count). The maximum absolute atomic E-state index is 4.87. The van der Waals surface area contributed by atoms with Crippen molar-refractivity contribution >= 4 is 22.4 Å². The Bertz CT molecular complexity index is 978. The van der Waals surface area contributed by atoms with E-state index in [1.807, 2.05) is 14.1 Å². The predicted molar refractivity (Wildman–Crippen MR) is 117 cm³/mol. The van der Waals surface area contributed by atoms with Gasteiger partial charge in [0.05, 0.1) is 11.2 Å². The largest absolute Gasteiger partial charge is 0.369 e. The van der Waals surface area contributed by atoms with E-state index in [1.54, 1.807) is 6.33 Å². The van der Waals surface area contributed by atoms with Gasteiger partial charge in [-0.1, -0.05) is 0 Å². The molecule has 4 heterocycles. The third kappa shape index (κ3) is 3.67. The number of hydrogen-bond donors (Lipinski definition) is 0. The summed E-state index contributed by atoms with van der Waals surface area (Å²) in [6, 6.07) is 6.54. The monoisotopic (exact) mass is 391 g/mol. The average Bonchev–Trinajstić information content (AvgIpc) is 3.15. The Morgan fingerprint density at radius 2 is 1.86 bits per heavy atom. The van der Waals surface area contributed by atoms with Crippen LogP contribution < -0.4 is 9.80 Å². The van der Waals surface area contributed by atoms with Crippen LogP contribution in [0.2, 0.25) is 0 Å². The van der Waals surface area contributed by atoms with Gasteiger partial charge in [0.25, 0.3) is 0 Å². The smallest absolute Gasteiger partial charge is 0.139 e. The minimum atomic E-state index is 0.962. The first-order valence-electron chi connectivity index (χ1n) is 10.6. The SMILES string of the molecule is CN(C)c1ncnc2ccc(N3CCN(Cc4cn5c(n4)CCCC5)CC3)cc12. The van der Waals surface area contributed by atoms with Gasteiger partial charge in [0.2, 0.25) is 0 Å². The van der Waals surface area contributed by atoms with Crippen molar-refractivity contribution in [3.05, 3.63) is 42.2 Å². The van der Waals surface area contributed by atoms with Crippen LogP contribution in [-0.4, -0.2) is 64.7 Å². The lowest BCUT2D eigenvalue weighted by Gasteiger charge is -2.36. The minimum Gasteiger partial charge on any atom is -0.369 e. The van der Waals surface area contributed by atoms with Crippen molar-refractivity contribution in [1.29, 1.82) is 0 Å². The van der Waals surface area contributed by atoms with Crippen LogP contribution in [0.1, 0.15) is 24.4 Å². The fourth-order valence-electron chi connectivity index (χ4n) is 4.53. The van der Waals surface area contributed by atoms with Gasteiger partial charge >= 0.3 is 0 Å². The summed E-state index contributed by atoms with van der Waals surface area (Å²) >= 11 is 0. The highest BCUT2D eigenvalue weighted by atomic mass is 15.3. The molecule has 2 aliphatic rings.